The van der Waals surface area contributed by atoms with E-state index in [-0.39, 0.29) is 0 Å². The van der Waals surface area contributed by atoms with Crippen molar-refractivity contribution in [1.29, 1.82) is 0 Å². The van der Waals surface area contributed by atoms with E-state index in [0.29, 0.717) is 6.04 Å². The third kappa shape index (κ3) is 3.63. The molecule has 1 atom stereocenters. The van der Waals surface area contributed by atoms with Crippen LogP contribution in [0, 0.1) is 6.92 Å². The Kier molecular flexibility index (Phi) is 4.56. The Labute approximate surface area is 130 Å². The number of methoxy groups -OCH3 is 1. The lowest BCUT2D eigenvalue weighted by atomic mass is 9.88. The molecule has 0 saturated heterocycles. The molecule has 1 aromatic carbocycles. The zero-order valence-corrected chi connectivity index (χ0v) is 13.5. The molecular weight excluding hydrogens is 280 g/mol. The van der Waals surface area contributed by atoms with Crippen molar-refractivity contribution in [3.05, 3.63) is 45.4 Å². The summed E-state index contributed by atoms with van der Waals surface area (Å²) in [5.74, 6) is 0.965. The Morgan fingerprint density at radius 2 is 2.29 bits per heavy atom. The van der Waals surface area contributed by atoms with Gasteiger partial charge in [0.2, 0.25) is 0 Å². The number of nitrogens with one attached hydrogen (secondary N) is 1. The molecule has 0 radical (unpaired) electrons. The third-order valence-electron chi connectivity index (χ3n) is 4.12. The van der Waals surface area contributed by atoms with Crippen molar-refractivity contribution < 1.29 is 4.74 Å². The number of nitrogens with zero attached hydrogens (tertiary/aromatic N) is 1. The summed E-state index contributed by atoms with van der Waals surface area (Å²) in [6.45, 7) is 3.07. The molecule has 0 spiro atoms. The highest BCUT2D eigenvalue weighted by Crippen LogP contribution is 2.25. The van der Waals surface area contributed by atoms with E-state index < -0.39 is 0 Å². The number of aryl methyl sites for hydroxylation is 2. The molecule has 21 heavy (non-hydrogen) atoms. The largest absolute Gasteiger partial charge is 0.497 e. The number of rotatable bonds is 5. The maximum absolute atomic E-state index is 5.33. The van der Waals surface area contributed by atoms with Crippen LogP contribution in [-0.4, -0.2) is 24.7 Å². The standard InChI is InChI=1S/C17H22N2OS/c1-12-19-16(11-21-12)7-8-18-15-5-3-13-4-6-17(20-2)10-14(13)9-15/h4,6,10-11,15,18H,3,5,7-9H2,1-2H3. The highest BCUT2D eigenvalue weighted by molar-refractivity contribution is 7.09. The molecule has 0 amide bonds. The molecule has 0 bridgehead atoms. The molecule has 3 nitrogen and oxygen atoms in total. The molecule has 0 fully saturated rings. The summed E-state index contributed by atoms with van der Waals surface area (Å²) >= 11 is 1.73. The van der Waals surface area contributed by atoms with Gasteiger partial charge in [0.25, 0.3) is 0 Å². The summed E-state index contributed by atoms with van der Waals surface area (Å²) in [4.78, 5) is 4.51. The zero-order valence-electron chi connectivity index (χ0n) is 12.7. The quantitative estimate of drug-likeness (QED) is 0.921. The summed E-state index contributed by atoms with van der Waals surface area (Å²) in [5, 5.41) is 7.00. The van der Waals surface area contributed by atoms with Crippen LogP contribution in [0.25, 0.3) is 0 Å². The number of aromatic nitrogens is 1. The predicted molar refractivity (Wildman–Crippen MR) is 87.4 cm³/mol. The molecule has 1 N–H and O–H groups in total. The van der Waals surface area contributed by atoms with Crippen LogP contribution >= 0.6 is 11.3 Å². The van der Waals surface area contributed by atoms with Gasteiger partial charge < -0.3 is 10.1 Å². The first-order valence-electron chi connectivity index (χ1n) is 7.55. The van der Waals surface area contributed by atoms with Crippen LogP contribution in [0.5, 0.6) is 5.75 Å². The summed E-state index contributed by atoms with van der Waals surface area (Å²) in [6.07, 6.45) is 4.50. The van der Waals surface area contributed by atoms with Crippen LogP contribution in [-0.2, 0) is 19.3 Å². The molecule has 1 aliphatic carbocycles. The van der Waals surface area contributed by atoms with Crippen molar-refractivity contribution in [3.8, 4) is 5.75 Å². The van der Waals surface area contributed by atoms with Crippen molar-refractivity contribution in [2.45, 2.75) is 38.6 Å². The maximum Gasteiger partial charge on any atom is 0.119 e. The number of fused-ring (bicyclic) bond motifs is 1. The molecule has 0 saturated carbocycles. The van der Waals surface area contributed by atoms with Gasteiger partial charge in [0, 0.05) is 24.4 Å². The van der Waals surface area contributed by atoms with Crippen LogP contribution in [0.1, 0.15) is 28.2 Å². The van der Waals surface area contributed by atoms with E-state index in [0.717, 1.165) is 36.6 Å². The van der Waals surface area contributed by atoms with E-state index in [1.54, 1.807) is 18.4 Å². The Bertz CT molecular complexity index is 609. The van der Waals surface area contributed by atoms with Gasteiger partial charge in [-0.25, -0.2) is 4.98 Å². The molecule has 1 aromatic heterocycles. The SMILES string of the molecule is COc1ccc2c(c1)CC(NCCc1csc(C)n1)CC2. The molecule has 4 heteroatoms. The molecule has 1 aliphatic rings. The fraction of sp³-hybridized carbons (Fsp3) is 0.471. The van der Waals surface area contributed by atoms with Gasteiger partial charge in [-0.2, -0.15) is 0 Å². The number of hydrogen-bond acceptors (Lipinski definition) is 4. The van der Waals surface area contributed by atoms with E-state index in [4.69, 9.17) is 4.74 Å². The van der Waals surface area contributed by atoms with Gasteiger partial charge in [0.05, 0.1) is 17.8 Å². The Morgan fingerprint density at radius 3 is 3.05 bits per heavy atom. The molecule has 3 rings (SSSR count). The third-order valence-corrected chi connectivity index (χ3v) is 4.94. The molecule has 0 aliphatic heterocycles. The van der Waals surface area contributed by atoms with Crippen LogP contribution in [0.4, 0.5) is 0 Å². The first-order chi connectivity index (χ1) is 10.2. The van der Waals surface area contributed by atoms with Gasteiger partial charge in [-0.05, 0) is 49.4 Å². The lowest BCUT2D eigenvalue weighted by Crippen LogP contribution is -2.35. The Balaban J connectivity index is 1.53. The Hall–Kier alpha value is -1.39. The number of benzene rings is 1. The van der Waals surface area contributed by atoms with E-state index in [1.807, 2.05) is 0 Å². The second-order valence-electron chi connectivity index (χ2n) is 5.64. The van der Waals surface area contributed by atoms with E-state index in [9.17, 15) is 0 Å². The summed E-state index contributed by atoms with van der Waals surface area (Å²) < 4.78 is 5.33. The van der Waals surface area contributed by atoms with E-state index >= 15 is 0 Å². The number of thiazole rings is 1. The topological polar surface area (TPSA) is 34.1 Å². The van der Waals surface area contributed by atoms with Gasteiger partial charge in [-0.15, -0.1) is 11.3 Å². The van der Waals surface area contributed by atoms with Crippen LogP contribution in [0.3, 0.4) is 0 Å². The Morgan fingerprint density at radius 1 is 1.38 bits per heavy atom. The van der Waals surface area contributed by atoms with Crippen molar-refractivity contribution >= 4 is 11.3 Å². The minimum Gasteiger partial charge on any atom is -0.497 e. The molecule has 1 heterocycles. The summed E-state index contributed by atoms with van der Waals surface area (Å²) in [7, 11) is 1.73. The second kappa shape index (κ2) is 6.58. The molecule has 1 unspecified atom stereocenters. The fourth-order valence-corrected chi connectivity index (χ4v) is 3.61. The van der Waals surface area contributed by atoms with Crippen LogP contribution in [0.2, 0.25) is 0 Å². The monoisotopic (exact) mass is 302 g/mol. The fourth-order valence-electron chi connectivity index (χ4n) is 2.96. The first kappa shape index (κ1) is 14.5. The van der Waals surface area contributed by atoms with Gasteiger partial charge in [-0.3, -0.25) is 0 Å². The number of hydrogen-bond donors (Lipinski definition) is 1. The van der Waals surface area contributed by atoms with E-state index in [2.05, 4.69) is 40.8 Å². The maximum atomic E-state index is 5.33. The predicted octanol–water partition coefficient (Wildman–Crippen LogP) is 3.15. The van der Waals surface area contributed by atoms with Crippen molar-refractivity contribution in [1.82, 2.24) is 10.3 Å². The second-order valence-corrected chi connectivity index (χ2v) is 6.70. The van der Waals surface area contributed by atoms with Gasteiger partial charge in [-0.1, -0.05) is 6.07 Å². The first-order valence-corrected chi connectivity index (χ1v) is 8.43. The number of ether oxygens (including phenoxy) is 1. The molecule has 112 valence electrons. The normalized spacial score (nSPS) is 17.5. The van der Waals surface area contributed by atoms with Gasteiger partial charge in [0.1, 0.15) is 5.75 Å². The van der Waals surface area contributed by atoms with Crippen molar-refractivity contribution in [2.75, 3.05) is 13.7 Å². The van der Waals surface area contributed by atoms with Gasteiger partial charge >= 0.3 is 0 Å². The van der Waals surface area contributed by atoms with Gasteiger partial charge in [0.15, 0.2) is 0 Å². The summed E-state index contributed by atoms with van der Waals surface area (Å²) in [6, 6.07) is 7.04. The molecule has 2 aromatic rings. The molecular formula is C17H22N2OS. The average Bonchev–Trinajstić information content (AvgIpc) is 2.92. The minimum atomic E-state index is 0.573. The zero-order chi connectivity index (χ0) is 14.7. The lowest BCUT2D eigenvalue weighted by Gasteiger charge is -2.26. The van der Waals surface area contributed by atoms with E-state index in [1.165, 1.54) is 23.2 Å². The van der Waals surface area contributed by atoms with Crippen molar-refractivity contribution in [2.24, 2.45) is 0 Å². The summed E-state index contributed by atoms with van der Waals surface area (Å²) in [5.41, 5.74) is 4.12. The highest BCUT2D eigenvalue weighted by atomic mass is 32.1. The minimum absolute atomic E-state index is 0.573. The average molecular weight is 302 g/mol. The van der Waals surface area contributed by atoms with Crippen molar-refractivity contribution in [3.63, 3.8) is 0 Å². The van der Waals surface area contributed by atoms with Crippen LogP contribution < -0.4 is 10.1 Å². The lowest BCUT2D eigenvalue weighted by molar-refractivity contribution is 0.411. The smallest absolute Gasteiger partial charge is 0.119 e. The van der Waals surface area contributed by atoms with Crippen LogP contribution in [0.15, 0.2) is 23.6 Å². The highest BCUT2D eigenvalue weighted by Gasteiger charge is 2.18.